The highest BCUT2D eigenvalue weighted by Gasteiger charge is 2.33. The van der Waals surface area contributed by atoms with Gasteiger partial charge in [0.1, 0.15) is 0 Å². The smallest absolute Gasteiger partial charge is 0.0702 e. The van der Waals surface area contributed by atoms with Crippen molar-refractivity contribution in [3.63, 3.8) is 0 Å². The summed E-state index contributed by atoms with van der Waals surface area (Å²) in [4.78, 5) is 2.66. The molecule has 2 aliphatic rings. The molecule has 0 bridgehead atoms. The third-order valence-electron chi connectivity index (χ3n) is 4.36. The Morgan fingerprint density at radius 1 is 1.24 bits per heavy atom. The average Bonchev–Trinajstić information content (AvgIpc) is 2.85. The summed E-state index contributed by atoms with van der Waals surface area (Å²) in [5.74, 6) is 0.736. The van der Waals surface area contributed by atoms with Crippen LogP contribution in [0.3, 0.4) is 0 Å². The van der Waals surface area contributed by atoms with Gasteiger partial charge in [-0.05, 0) is 51.1 Å². The minimum atomic E-state index is 0.475. The molecule has 0 spiro atoms. The number of piperidine rings is 1. The molecule has 1 saturated carbocycles. The van der Waals surface area contributed by atoms with Crippen molar-refractivity contribution >= 4 is 0 Å². The Labute approximate surface area is 106 Å². The van der Waals surface area contributed by atoms with Crippen LogP contribution in [0.25, 0.3) is 0 Å². The molecule has 17 heavy (non-hydrogen) atoms. The van der Waals surface area contributed by atoms with Gasteiger partial charge < -0.3 is 10.5 Å². The Balaban J connectivity index is 1.83. The Kier molecular flexibility index (Phi) is 5.26. The van der Waals surface area contributed by atoms with Gasteiger partial charge in [-0.25, -0.2) is 0 Å². The van der Waals surface area contributed by atoms with Gasteiger partial charge >= 0.3 is 0 Å². The molecule has 1 aliphatic carbocycles. The molecule has 3 unspecified atom stereocenters. The number of nitrogens with zero attached hydrogens (tertiary/aromatic N) is 1. The van der Waals surface area contributed by atoms with Crippen molar-refractivity contribution in [3.8, 4) is 0 Å². The van der Waals surface area contributed by atoms with Gasteiger partial charge in [0, 0.05) is 19.2 Å². The number of hydrogen-bond donors (Lipinski definition) is 1. The monoisotopic (exact) mass is 240 g/mol. The Bertz CT molecular complexity index is 222. The maximum Gasteiger partial charge on any atom is 0.0702 e. The van der Waals surface area contributed by atoms with Crippen LogP contribution < -0.4 is 5.73 Å². The zero-order valence-electron chi connectivity index (χ0n) is 11.2. The van der Waals surface area contributed by atoms with E-state index in [2.05, 4.69) is 11.8 Å². The van der Waals surface area contributed by atoms with Gasteiger partial charge in [-0.3, -0.25) is 4.90 Å². The number of likely N-dealkylation sites (tertiary alicyclic amines) is 1. The molecular formula is C14H28N2O. The predicted octanol–water partition coefficient (Wildman–Crippen LogP) is 2.00. The fourth-order valence-electron chi connectivity index (χ4n) is 3.46. The summed E-state index contributed by atoms with van der Waals surface area (Å²) in [7, 11) is 0. The van der Waals surface area contributed by atoms with Crippen LogP contribution in [-0.2, 0) is 4.74 Å². The van der Waals surface area contributed by atoms with Crippen molar-refractivity contribution in [2.75, 3.05) is 26.2 Å². The minimum absolute atomic E-state index is 0.475. The largest absolute Gasteiger partial charge is 0.377 e. The molecule has 3 nitrogen and oxygen atoms in total. The molecule has 3 heteroatoms. The van der Waals surface area contributed by atoms with E-state index in [0.29, 0.717) is 6.10 Å². The first-order valence-corrected chi connectivity index (χ1v) is 7.40. The molecule has 0 radical (unpaired) electrons. The molecule has 2 N–H and O–H groups in total. The summed E-state index contributed by atoms with van der Waals surface area (Å²) >= 11 is 0. The molecule has 100 valence electrons. The quantitative estimate of drug-likeness (QED) is 0.799. The lowest BCUT2D eigenvalue weighted by atomic mass is 9.98. The second-order valence-corrected chi connectivity index (χ2v) is 5.62. The van der Waals surface area contributed by atoms with Gasteiger partial charge in [0.25, 0.3) is 0 Å². The fourth-order valence-corrected chi connectivity index (χ4v) is 3.46. The number of hydrogen-bond acceptors (Lipinski definition) is 3. The van der Waals surface area contributed by atoms with E-state index in [1.807, 2.05) is 0 Å². The average molecular weight is 240 g/mol. The molecule has 1 saturated heterocycles. The second-order valence-electron chi connectivity index (χ2n) is 5.62. The van der Waals surface area contributed by atoms with Crippen LogP contribution in [0.1, 0.15) is 45.4 Å². The Hall–Kier alpha value is -0.120. The van der Waals surface area contributed by atoms with Gasteiger partial charge in [0.15, 0.2) is 0 Å². The van der Waals surface area contributed by atoms with E-state index < -0.39 is 0 Å². The lowest BCUT2D eigenvalue weighted by Gasteiger charge is -2.39. The summed E-state index contributed by atoms with van der Waals surface area (Å²) < 4.78 is 5.92. The number of ether oxygens (including phenoxy) is 1. The van der Waals surface area contributed by atoms with E-state index in [4.69, 9.17) is 10.5 Å². The molecule has 2 fully saturated rings. The van der Waals surface area contributed by atoms with Crippen LogP contribution in [0, 0.1) is 5.92 Å². The lowest BCUT2D eigenvalue weighted by Crippen LogP contribution is -2.48. The van der Waals surface area contributed by atoms with Gasteiger partial charge in [-0.2, -0.15) is 0 Å². The first-order valence-electron chi connectivity index (χ1n) is 7.40. The van der Waals surface area contributed by atoms with Crippen molar-refractivity contribution in [1.82, 2.24) is 4.90 Å². The maximum absolute atomic E-state index is 5.92. The van der Waals surface area contributed by atoms with Crippen molar-refractivity contribution in [1.29, 1.82) is 0 Å². The summed E-state index contributed by atoms with van der Waals surface area (Å²) in [6.07, 6.45) is 8.19. The topological polar surface area (TPSA) is 38.5 Å². The molecule has 3 atom stereocenters. The van der Waals surface area contributed by atoms with E-state index in [9.17, 15) is 0 Å². The van der Waals surface area contributed by atoms with E-state index in [0.717, 1.165) is 38.1 Å². The van der Waals surface area contributed by atoms with Crippen molar-refractivity contribution in [2.24, 2.45) is 11.7 Å². The molecule has 0 amide bonds. The highest BCUT2D eigenvalue weighted by Crippen LogP contribution is 2.31. The zero-order valence-corrected chi connectivity index (χ0v) is 11.2. The van der Waals surface area contributed by atoms with E-state index in [1.165, 1.54) is 38.6 Å². The normalized spacial score (nSPS) is 35.3. The molecule has 2 rings (SSSR count). The highest BCUT2D eigenvalue weighted by molar-refractivity contribution is 4.88. The van der Waals surface area contributed by atoms with Gasteiger partial charge in [0.2, 0.25) is 0 Å². The fraction of sp³-hybridized carbons (Fsp3) is 1.00. The Morgan fingerprint density at radius 2 is 2.12 bits per heavy atom. The van der Waals surface area contributed by atoms with E-state index in [-0.39, 0.29) is 0 Å². The molecule has 1 heterocycles. The third-order valence-corrected chi connectivity index (χ3v) is 4.36. The molecule has 0 aromatic heterocycles. The second kappa shape index (κ2) is 6.72. The van der Waals surface area contributed by atoms with E-state index in [1.54, 1.807) is 0 Å². The summed E-state index contributed by atoms with van der Waals surface area (Å²) in [6, 6.07) is 0.744. The van der Waals surface area contributed by atoms with Crippen molar-refractivity contribution in [2.45, 2.75) is 57.6 Å². The molecule has 1 aliphatic heterocycles. The van der Waals surface area contributed by atoms with Crippen LogP contribution in [0.5, 0.6) is 0 Å². The van der Waals surface area contributed by atoms with Crippen LogP contribution in [0.4, 0.5) is 0 Å². The van der Waals surface area contributed by atoms with Crippen LogP contribution in [0.15, 0.2) is 0 Å². The highest BCUT2D eigenvalue weighted by atomic mass is 16.5. The number of rotatable bonds is 5. The first kappa shape index (κ1) is 13.3. The molecule has 0 aromatic rings. The molecular weight excluding hydrogens is 212 g/mol. The van der Waals surface area contributed by atoms with Crippen LogP contribution in [0.2, 0.25) is 0 Å². The summed E-state index contributed by atoms with van der Waals surface area (Å²) in [5.41, 5.74) is 5.89. The van der Waals surface area contributed by atoms with Gasteiger partial charge in [-0.1, -0.05) is 13.3 Å². The summed E-state index contributed by atoms with van der Waals surface area (Å²) in [6.45, 7) is 6.36. The predicted molar refractivity (Wildman–Crippen MR) is 71.0 cm³/mol. The third kappa shape index (κ3) is 3.43. The number of nitrogens with two attached hydrogens (primary N) is 1. The summed E-state index contributed by atoms with van der Waals surface area (Å²) in [5, 5.41) is 0. The Morgan fingerprint density at radius 3 is 2.88 bits per heavy atom. The van der Waals surface area contributed by atoms with Crippen LogP contribution >= 0.6 is 0 Å². The first-order chi connectivity index (χ1) is 8.35. The zero-order chi connectivity index (χ0) is 12.1. The van der Waals surface area contributed by atoms with Gasteiger partial charge in [0.05, 0.1) is 6.10 Å². The SMILES string of the molecule is CCCOC1CCCN(C2CCCC2CN)C1. The van der Waals surface area contributed by atoms with E-state index >= 15 is 0 Å². The lowest BCUT2D eigenvalue weighted by molar-refractivity contribution is -0.0170. The van der Waals surface area contributed by atoms with Crippen molar-refractivity contribution in [3.05, 3.63) is 0 Å². The van der Waals surface area contributed by atoms with Crippen LogP contribution in [-0.4, -0.2) is 43.3 Å². The van der Waals surface area contributed by atoms with Crippen molar-refractivity contribution < 1.29 is 4.74 Å². The molecule has 0 aromatic carbocycles. The maximum atomic E-state index is 5.92. The van der Waals surface area contributed by atoms with Gasteiger partial charge in [-0.15, -0.1) is 0 Å². The standard InChI is InChI=1S/C14H28N2O/c1-2-9-17-13-6-4-8-16(11-13)14-7-3-5-12(14)10-15/h12-14H,2-11,15H2,1H3. The minimum Gasteiger partial charge on any atom is -0.377 e.